The molecule has 0 saturated carbocycles. The van der Waals surface area contributed by atoms with E-state index in [0.717, 1.165) is 27.0 Å². The molecule has 4 rings (SSSR count). The van der Waals surface area contributed by atoms with Gasteiger partial charge in [-0.3, -0.25) is 4.79 Å². The van der Waals surface area contributed by atoms with Crippen LogP contribution in [0.25, 0.3) is 21.5 Å². The highest BCUT2D eigenvalue weighted by atomic mass is 35.5. The maximum Gasteiger partial charge on any atom is 0.240 e. The van der Waals surface area contributed by atoms with Gasteiger partial charge in [0.25, 0.3) is 0 Å². The van der Waals surface area contributed by atoms with Gasteiger partial charge in [0.05, 0.1) is 16.6 Å². The van der Waals surface area contributed by atoms with E-state index in [2.05, 4.69) is 22.0 Å². The number of aromatic nitrogens is 1. The minimum absolute atomic E-state index is 0.0170. The first-order valence-electron chi connectivity index (χ1n) is 8.79. The van der Waals surface area contributed by atoms with Gasteiger partial charge in [0.2, 0.25) is 5.91 Å². The lowest BCUT2D eigenvalue weighted by atomic mass is 10.1. The van der Waals surface area contributed by atoms with E-state index in [4.69, 9.17) is 11.6 Å². The van der Waals surface area contributed by atoms with Gasteiger partial charge in [0.1, 0.15) is 6.54 Å². The third kappa shape index (κ3) is 3.77. The molecule has 0 radical (unpaired) electrons. The molecule has 0 aliphatic rings. The van der Waals surface area contributed by atoms with Crippen molar-refractivity contribution in [2.45, 2.75) is 19.5 Å². The van der Waals surface area contributed by atoms with Crippen molar-refractivity contribution >= 4 is 39.7 Å². The first-order valence-corrected chi connectivity index (χ1v) is 10.0. The standard InChI is InChI=1S/C22H19ClN2OS/c1-15(16-6-3-2-4-7-16)24-22(26)14-25-19-10-9-18(23)12-17(19)13-20(25)21-8-5-11-27-21/h2-13,15H,14H2,1H3,(H,24,26)/t15-/m1/s1. The molecule has 0 spiro atoms. The summed E-state index contributed by atoms with van der Waals surface area (Å²) in [6.45, 7) is 2.26. The van der Waals surface area contributed by atoms with E-state index in [1.165, 1.54) is 0 Å². The van der Waals surface area contributed by atoms with Gasteiger partial charge in [-0.05, 0) is 48.2 Å². The fourth-order valence-electron chi connectivity index (χ4n) is 3.30. The Morgan fingerprint density at radius 3 is 2.67 bits per heavy atom. The van der Waals surface area contributed by atoms with Crippen molar-refractivity contribution in [1.82, 2.24) is 9.88 Å². The van der Waals surface area contributed by atoms with E-state index in [1.54, 1.807) is 11.3 Å². The summed E-state index contributed by atoms with van der Waals surface area (Å²) in [5.74, 6) is -0.0170. The fraction of sp³-hybridized carbons (Fsp3) is 0.136. The van der Waals surface area contributed by atoms with Gasteiger partial charge in [-0.2, -0.15) is 0 Å². The number of carbonyl (C=O) groups excluding carboxylic acids is 1. The van der Waals surface area contributed by atoms with E-state index >= 15 is 0 Å². The van der Waals surface area contributed by atoms with Crippen LogP contribution in [0.15, 0.2) is 72.1 Å². The van der Waals surface area contributed by atoms with Crippen LogP contribution >= 0.6 is 22.9 Å². The summed E-state index contributed by atoms with van der Waals surface area (Å²) in [6, 6.07) is 21.9. The van der Waals surface area contributed by atoms with Crippen molar-refractivity contribution in [3.8, 4) is 10.6 Å². The molecule has 0 fully saturated rings. The molecule has 0 saturated heterocycles. The van der Waals surface area contributed by atoms with E-state index in [-0.39, 0.29) is 18.5 Å². The normalized spacial score (nSPS) is 12.2. The SMILES string of the molecule is C[C@@H](NC(=O)Cn1c(-c2cccs2)cc2cc(Cl)ccc21)c1ccccc1. The van der Waals surface area contributed by atoms with Crippen LogP contribution < -0.4 is 5.32 Å². The number of benzene rings is 2. The summed E-state index contributed by atoms with van der Waals surface area (Å²) in [7, 11) is 0. The largest absolute Gasteiger partial charge is 0.348 e. The molecule has 2 aromatic carbocycles. The molecule has 5 heteroatoms. The maximum atomic E-state index is 12.8. The van der Waals surface area contributed by atoms with Gasteiger partial charge in [0.15, 0.2) is 0 Å². The molecule has 136 valence electrons. The zero-order chi connectivity index (χ0) is 18.8. The molecule has 0 bridgehead atoms. The van der Waals surface area contributed by atoms with Crippen LogP contribution in [0.1, 0.15) is 18.5 Å². The molecule has 0 aliphatic carbocycles. The van der Waals surface area contributed by atoms with Crippen molar-refractivity contribution in [3.63, 3.8) is 0 Å². The van der Waals surface area contributed by atoms with E-state index in [9.17, 15) is 4.79 Å². The number of nitrogens with zero attached hydrogens (tertiary/aromatic N) is 1. The van der Waals surface area contributed by atoms with Crippen molar-refractivity contribution < 1.29 is 4.79 Å². The second kappa shape index (κ2) is 7.59. The molecule has 1 atom stereocenters. The Hall–Kier alpha value is -2.56. The second-order valence-electron chi connectivity index (χ2n) is 6.50. The number of carbonyl (C=O) groups is 1. The number of fused-ring (bicyclic) bond motifs is 1. The highest BCUT2D eigenvalue weighted by Crippen LogP contribution is 2.32. The molecular weight excluding hydrogens is 376 g/mol. The Morgan fingerprint density at radius 2 is 1.93 bits per heavy atom. The summed E-state index contributed by atoms with van der Waals surface area (Å²) >= 11 is 7.82. The highest BCUT2D eigenvalue weighted by Gasteiger charge is 2.16. The number of amides is 1. The quantitative estimate of drug-likeness (QED) is 0.449. The first-order chi connectivity index (χ1) is 13.1. The summed E-state index contributed by atoms with van der Waals surface area (Å²) in [4.78, 5) is 13.9. The van der Waals surface area contributed by atoms with Crippen LogP contribution in [-0.4, -0.2) is 10.5 Å². The lowest BCUT2D eigenvalue weighted by molar-refractivity contribution is -0.122. The van der Waals surface area contributed by atoms with Crippen molar-refractivity contribution in [2.75, 3.05) is 0 Å². The summed E-state index contributed by atoms with van der Waals surface area (Å²) in [5, 5.41) is 6.88. The topological polar surface area (TPSA) is 34.0 Å². The van der Waals surface area contributed by atoms with Gasteiger partial charge in [-0.1, -0.05) is 48.0 Å². The smallest absolute Gasteiger partial charge is 0.240 e. The molecule has 1 amide bonds. The fourth-order valence-corrected chi connectivity index (χ4v) is 4.23. The summed E-state index contributed by atoms with van der Waals surface area (Å²) < 4.78 is 2.06. The molecule has 0 unspecified atom stereocenters. The predicted octanol–water partition coefficient (Wildman–Crippen LogP) is 5.90. The Morgan fingerprint density at radius 1 is 1.11 bits per heavy atom. The van der Waals surface area contributed by atoms with E-state index in [0.29, 0.717) is 5.02 Å². The molecule has 27 heavy (non-hydrogen) atoms. The molecule has 1 N–H and O–H groups in total. The van der Waals surface area contributed by atoms with Crippen LogP contribution in [-0.2, 0) is 11.3 Å². The number of halogens is 1. The minimum atomic E-state index is -0.0415. The lowest BCUT2D eigenvalue weighted by Gasteiger charge is -2.16. The number of rotatable bonds is 5. The first kappa shape index (κ1) is 17.8. The number of hydrogen-bond donors (Lipinski definition) is 1. The lowest BCUT2D eigenvalue weighted by Crippen LogP contribution is -2.30. The van der Waals surface area contributed by atoms with Crippen molar-refractivity contribution in [1.29, 1.82) is 0 Å². The zero-order valence-electron chi connectivity index (χ0n) is 14.9. The summed E-state index contributed by atoms with van der Waals surface area (Å²) in [6.07, 6.45) is 0. The molecule has 2 aromatic heterocycles. The molecule has 0 aliphatic heterocycles. The average Bonchev–Trinajstić information content (AvgIpc) is 3.30. The Labute approximate surface area is 167 Å². The highest BCUT2D eigenvalue weighted by molar-refractivity contribution is 7.13. The second-order valence-corrected chi connectivity index (χ2v) is 7.88. The Bertz CT molecular complexity index is 1070. The third-order valence-electron chi connectivity index (χ3n) is 4.62. The van der Waals surface area contributed by atoms with Gasteiger partial charge in [-0.25, -0.2) is 0 Å². The monoisotopic (exact) mass is 394 g/mol. The van der Waals surface area contributed by atoms with Gasteiger partial charge >= 0.3 is 0 Å². The minimum Gasteiger partial charge on any atom is -0.348 e. The number of nitrogens with one attached hydrogen (secondary N) is 1. The average molecular weight is 395 g/mol. The van der Waals surface area contributed by atoms with Crippen LogP contribution in [0.2, 0.25) is 5.02 Å². The molecular formula is C22H19ClN2OS. The van der Waals surface area contributed by atoms with Crippen LogP contribution in [0, 0.1) is 0 Å². The van der Waals surface area contributed by atoms with E-state index in [1.807, 2.05) is 66.9 Å². The molecule has 4 aromatic rings. The Kier molecular flexibility index (Phi) is 5.01. The van der Waals surface area contributed by atoms with Crippen molar-refractivity contribution in [3.05, 3.63) is 82.7 Å². The predicted molar refractivity (Wildman–Crippen MR) is 113 cm³/mol. The number of hydrogen-bond acceptors (Lipinski definition) is 2. The maximum absolute atomic E-state index is 12.8. The van der Waals surface area contributed by atoms with Crippen LogP contribution in [0.4, 0.5) is 0 Å². The van der Waals surface area contributed by atoms with Crippen molar-refractivity contribution in [2.24, 2.45) is 0 Å². The van der Waals surface area contributed by atoms with Crippen LogP contribution in [0.5, 0.6) is 0 Å². The molecule has 3 nitrogen and oxygen atoms in total. The van der Waals surface area contributed by atoms with Gasteiger partial charge < -0.3 is 9.88 Å². The number of thiophene rings is 1. The zero-order valence-corrected chi connectivity index (χ0v) is 16.4. The van der Waals surface area contributed by atoms with Gasteiger partial charge in [0, 0.05) is 15.9 Å². The third-order valence-corrected chi connectivity index (χ3v) is 5.74. The molecule has 2 heterocycles. The van der Waals surface area contributed by atoms with Gasteiger partial charge in [-0.15, -0.1) is 11.3 Å². The Balaban J connectivity index is 1.64. The van der Waals surface area contributed by atoms with Crippen LogP contribution in [0.3, 0.4) is 0 Å². The summed E-state index contributed by atoms with van der Waals surface area (Å²) in [5.41, 5.74) is 3.13. The van der Waals surface area contributed by atoms with E-state index < -0.39 is 0 Å².